The fraction of sp³-hybridized carbons (Fsp3) is 0.875. The zero-order valence-corrected chi connectivity index (χ0v) is 12.5. The molecule has 0 aliphatic heterocycles. The summed E-state index contributed by atoms with van der Waals surface area (Å²) in [5.41, 5.74) is 2.00. The molecule has 18 heavy (non-hydrogen) atoms. The van der Waals surface area contributed by atoms with Gasteiger partial charge < -0.3 is 0 Å². The van der Waals surface area contributed by atoms with Crippen molar-refractivity contribution in [3.63, 3.8) is 0 Å². The molecular formula is C16H28FP. The molecule has 2 aliphatic rings. The Morgan fingerprint density at radius 1 is 0.778 bits per heavy atom. The molecule has 0 aromatic heterocycles. The van der Waals surface area contributed by atoms with E-state index in [1.165, 1.54) is 70.4 Å². The Morgan fingerprint density at radius 3 is 1.72 bits per heavy atom. The predicted molar refractivity (Wildman–Crippen MR) is 80.6 cm³/mol. The topological polar surface area (TPSA) is 0 Å². The summed E-state index contributed by atoms with van der Waals surface area (Å²) in [5.74, 6) is 0. The van der Waals surface area contributed by atoms with Crippen LogP contribution in [0.4, 0.5) is 4.39 Å². The molecule has 0 unspecified atom stereocenters. The average molecular weight is 270 g/mol. The van der Waals surface area contributed by atoms with Crippen LogP contribution in [0, 0.1) is 0 Å². The molecular weight excluding hydrogens is 242 g/mol. The number of rotatable bonds is 5. The lowest BCUT2D eigenvalue weighted by Gasteiger charge is -2.38. The summed E-state index contributed by atoms with van der Waals surface area (Å²) >= 11 is 0. The first-order chi connectivity index (χ1) is 8.92. The normalized spacial score (nSPS) is 24.1. The standard InChI is InChI=1S/C16H28FP/c17-13-7-8-14-18(15-9-3-1-4-10-15)16-11-5-2-6-12-16/h7-8,15-16H,1-6,9-14H2. The molecule has 2 aliphatic carbocycles. The van der Waals surface area contributed by atoms with Crippen molar-refractivity contribution in [1.29, 1.82) is 0 Å². The van der Waals surface area contributed by atoms with E-state index in [2.05, 4.69) is 6.08 Å². The second kappa shape index (κ2) is 8.31. The molecule has 0 saturated heterocycles. The minimum absolute atomic E-state index is 0.138. The van der Waals surface area contributed by atoms with Crippen LogP contribution in [0.1, 0.15) is 64.2 Å². The van der Waals surface area contributed by atoms with Gasteiger partial charge in [0.2, 0.25) is 0 Å². The SMILES string of the molecule is FCC=CCP(C1CCCCC1)C1CCCCC1. The van der Waals surface area contributed by atoms with Crippen molar-refractivity contribution in [2.45, 2.75) is 75.5 Å². The van der Waals surface area contributed by atoms with Crippen molar-refractivity contribution < 1.29 is 4.39 Å². The number of halogens is 1. The third-order valence-electron chi connectivity index (χ3n) is 4.66. The number of hydrogen-bond acceptors (Lipinski definition) is 0. The van der Waals surface area contributed by atoms with Crippen LogP contribution in [0.3, 0.4) is 0 Å². The monoisotopic (exact) mass is 270 g/mol. The Morgan fingerprint density at radius 2 is 1.28 bits per heavy atom. The van der Waals surface area contributed by atoms with Crippen molar-refractivity contribution in [2.24, 2.45) is 0 Å². The van der Waals surface area contributed by atoms with Gasteiger partial charge in [0, 0.05) is 0 Å². The highest BCUT2D eigenvalue weighted by Crippen LogP contribution is 2.55. The van der Waals surface area contributed by atoms with Crippen molar-refractivity contribution in [3.8, 4) is 0 Å². The molecule has 0 radical (unpaired) electrons. The average Bonchev–Trinajstić information content (AvgIpc) is 2.46. The number of allylic oxidation sites excluding steroid dienone is 2. The van der Waals surface area contributed by atoms with Crippen LogP contribution in [-0.4, -0.2) is 24.2 Å². The van der Waals surface area contributed by atoms with E-state index in [4.69, 9.17) is 0 Å². The van der Waals surface area contributed by atoms with Gasteiger partial charge in [-0.1, -0.05) is 58.6 Å². The highest BCUT2D eigenvalue weighted by atomic mass is 31.1. The molecule has 0 amide bonds. The van der Waals surface area contributed by atoms with Crippen LogP contribution in [0.5, 0.6) is 0 Å². The molecule has 104 valence electrons. The van der Waals surface area contributed by atoms with Crippen molar-refractivity contribution in [2.75, 3.05) is 12.8 Å². The van der Waals surface area contributed by atoms with Crippen molar-refractivity contribution >= 4 is 7.92 Å². The van der Waals surface area contributed by atoms with Crippen molar-refractivity contribution in [3.05, 3.63) is 12.2 Å². The van der Waals surface area contributed by atoms with E-state index < -0.39 is 0 Å². The van der Waals surface area contributed by atoms with Gasteiger partial charge in [-0.25, -0.2) is 4.39 Å². The minimum Gasteiger partial charge on any atom is -0.247 e. The van der Waals surface area contributed by atoms with Gasteiger partial charge >= 0.3 is 0 Å². The summed E-state index contributed by atoms with van der Waals surface area (Å²) in [5, 5.41) is 0. The van der Waals surface area contributed by atoms with Gasteiger partial charge in [0.25, 0.3) is 0 Å². The lowest BCUT2D eigenvalue weighted by Crippen LogP contribution is -2.21. The molecule has 0 nitrogen and oxygen atoms in total. The fourth-order valence-electron chi connectivity index (χ4n) is 3.68. The molecule has 0 heterocycles. The molecule has 2 rings (SSSR count). The number of hydrogen-bond donors (Lipinski definition) is 0. The van der Waals surface area contributed by atoms with E-state index in [-0.39, 0.29) is 14.6 Å². The first-order valence-electron chi connectivity index (χ1n) is 7.88. The Labute approximate surface area is 113 Å². The molecule has 0 spiro atoms. The Balaban J connectivity index is 1.93. The highest BCUT2D eigenvalue weighted by Gasteiger charge is 2.29. The van der Waals surface area contributed by atoms with Gasteiger partial charge in [-0.2, -0.15) is 0 Å². The molecule has 0 aromatic carbocycles. The molecule has 2 fully saturated rings. The zero-order valence-electron chi connectivity index (χ0n) is 11.6. The highest BCUT2D eigenvalue weighted by molar-refractivity contribution is 7.59. The van der Waals surface area contributed by atoms with E-state index in [1.807, 2.05) is 0 Å². The minimum atomic E-state index is -0.279. The summed E-state index contributed by atoms with van der Waals surface area (Å²) in [6.45, 7) is -0.279. The first kappa shape index (κ1) is 14.5. The quantitative estimate of drug-likeness (QED) is 0.446. The summed E-state index contributed by atoms with van der Waals surface area (Å²) < 4.78 is 12.2. The Kier molecular flexibility index (Phi) is 6.70. The Bertz CT molecular complexity index is 221. The van der Waals surface area contributed by atoms with E-state index >= 15 is 0 Å². The fourth-order valence-corrected chi connectivity index (χ4v) is 7.32. The van der Waals surface area contributed by atoms with Crippen molar-refractivity contribution in [1.82, 2.24) is 0 Å². The summed E-state index contributed by atoms with van der Waals surface area (Å²) in [6, 6.07) is 0. The maximum atomic E-state index is 12.2. The van der Waals surface area contributed by atoms with E-state index in [0.717, 1.165) is 11.3 Å². The molecule has 0 N–H and O–H groups in total. The second-order valence-electron chi connectivity index (χ2n) is 5.91. The smallest absolute Gasteiger partial charge is 0.108 e. The molecule has 0 aromatic rings. The summed E-state index contributed by atoms with van der Waals surface area (Å²) in [4.78, 5) is 0. The van der Waals surface area contributed by atoms with E-state index in [0.29, 0.717) is 0 Å². The van der Waals surface area contributed by atoms with E-state index in [9.17, 15) is 4.39 Å². The van der Waals surface area contributed by atoms with Gasteiger partial charge in [-0.15, -0.1) is 0 Å². The Hall–Kier alpha value is 0.100. The lowest BCUT2D eigenvalue weighted by atomic mass is 9.99. The summed E-state index contributed by atoms with van der Waals surface area (Å²) in [7, 11) is 0.138. The molecule has 2 saturated carbocycles. The molecule has 2 heteroatoms. The van der Waals surface area contributed by atoms with Gasteiger partial charge in [-0.05, 0) is 43.2 Å². The second-order valence-corrected chi connectivity index (χ2v) is 8.76. The van der Waals surface area contributed by atoms with Gasteiger partial charge in [0.1, 0.15) is 6.67 Å². The third-order valence-corrected chi connectivity index (χ3v) is 8.20. The van der Waals surface area contributed by atoms with Crippen LogP contribution < -0.4 is 0 Å². The number of alkyl halides is 1. The molecule has 0 bridgehead atoms. The van der Waals surface area contributed by atoms with Crippen LogP contribution >= 0.6 is 7.92 Å². The van der Waals surface area contributed by atoms with Gasteiger partial charge in [0.15, 0.2) is 0 Å². The molecule has 0 atom stereocenters. The van der Waals surface area contributed by atoms with Crippen LogP contribution in [0.2, 0.25) is 0 Å². The van der Waals surface area contributed by atoms with Crippen LogP contribution in [0.25, 0.3) is 0 Å². The third kappa shape index (κ3) is 4.34. The van der Waals surface area contributed by atoms with Gasteiger partial charge in [0.05, 0.1) is 0 Å². The largest absolute Gasteiger partial charge is 0.247 e. The maximum absolute atomic E-state index is 12.2. The first-order valence-corrected chi connectivity index (χ1v) is 9.55. The zero-order chi connectivity index (χ0) is 12.6. The van der Waals surface area contributed by atoms with Crippen LogP contribution in [-0.2, 0) is 0 Å². The lowest BCUT2D eigenvalue weighted by molar-refractivity contribution is 0.485. The predicted octanol–water partition coefficient (Wildman–Crippen LogP) is 5.66. The van der Waals surface area contributed by atoms with E-state index in [1.54, 1.807) is 6.08 Å². The summed E-state index contributed by atoms with van der Waals surface area (Å²) in [6.07, 6.45) is 19.6. The van der Waals surface area contributed by atoms with Crippen LogP contribution in [0.15, 0.2) is 12.2 Å². The maximum Gasteiger partial charge on any atom is 0.108 e. The van der Waals surface area contributed by atoms with Gasteiger partial charge in [-0.3, -0.25) is 0 Å².